The topological polar surface area (TPSA) is 75.3 Å². The highest BCUT2D eigenvalue weighted by Crippen LogP contribution is 1.98. The van der Waals surface area contributed by atoms with Gasteiger partial charge in [0.2, 0.25) is 5.91 Å². The third-order valence-electron chi connectivity index (χ3n) is 2.29. The van der Waals surface area contributed by atoms with Crippen LogP contribution in [0.4, 0.5) is 0 Å². The van der Waals surface area contributed by atoms with Crippen LogP contribution in [0.3, 0.4) is 0 Å². The van der Waals surface area contributed by atoms with Crippen LogP contribution in [-0.4, -0.2) is 45.0 Å². The molecule has 0 radical (unpaired) electrons. The van der Waals surface area contributed by atoms with E-state index >= 15 is 0 Å². The van der Waals surface area contributed by atoms with Crippen molar-refractivity contribution in [1.29, 1.82) is 0 Å². The van der Waals surface area contributed by atoms with Crippen LogP contribution in [0.5, 0.6) is 0 Å². The van der Waals surface area contributed by atoms with Gasteiger partial charge in [-0.15, -0.1) is 0 Å². The molecule has 0 aliphatic rings. The molecule has 0 saturated heterocycles. The summed E-state index contributed by atoms with van der Waals surface area (Å²) in [7, 11) is -3.08. The number of carbonyl (C=O) groups is 1. The van der Waals surface area contributed by atoms with E-state index in [1.54, 1.807) is 0 Å². The lowest BCUT2D eigenvalue weighted by molar-refractivity contribution is -0.121. The number of sulfone groups is 1. The van der Waals surface area contributed by atoms with E-state index in [4.69, 9.17) is 0 Å². The molecule has 0 aromatic heterocycles. The Kier molecular flexibility index (Phi) is 8.18. The van der Waals surface area contributed by atoms with Crippen molar-refractivity contribution in [3.63, 3.8) is 0 Å². The maximum Gasteiger partial charge on any atom is 0.220 e. The van der Waals surface area contributed by atoms with Crippen molar-refractivity contribution in [2.45, 2.75) is 40.2 Å². The zero-order valence-electron chi connectivity index (χ0n) is 11.8. The molecule has 0 bridgehead atoms. The fraction of sp³-hybridized carbons (Fsp3) is 0.917. The lowest BCUT2D eigenvalue weighted by Crippen LogP contribution is -2.33. The number of rotatable bonds is 9. The van der Waals surface area contributed by atoms with Crippen molar-refractivity contribution >= 4 is 15.7 Å². The summed E-state index contributed by atoms with van der Waals surface area (Å²) in [6, 6.07) is 0.283. The maximum absolute atomic E-state index is 11.6. The molecule has 0 saturated carbocycles. The van der Waals surface area contributed by atoms with Gasteiger partial charge in [0.25, 0.3) is 0 Å². The van der Waals surface area contributed by atoms with E-state index in [0.29, 0.717) is 13.0 Å². The second-order valence-corrected chi connectivity index (χ2v) is 7.51. The van der Waals surface area contributed by atoms with Gasteiger partial charge < -0.3 is 10.6 Å². The van der Waals surface area contributed by atoms with Crippen LogP contribution in [-0.2, 0) is 14.6 Å². The zero-order chi connectivity index (χ0) is 14.2. The number of amides is 1. The quantitative estimate of drug-likeness (QED) is 0.646. The second kappa shape index (κ2) is 8.48. The summed E-state index contributed by atoms with van der Waals surface area (Å²) in [5, 5.41) is 5.69. The molecule has 0 spiro atoms. The molecule has 0 aromatic carbocycles. The summed E-state index contributed by atoms with van der Waals surface area (Å²) in [5.74, 6) is 0.333. The lowest BCUT2D eigenvalue weighted by atomic mass is 10.1. The van der Waals surface area contributed by atoms with Crippen LogP contribution in [0.2, 0.25) is 0 Å². The van der Waals surface area contributed by atoms with Crippen LogP contribution < -0.4 is 10.6 Å². The summed E-state index contributed by atoms with van der Waals surface area (Å²) in [5.41, 5.74) is 0. The zero-order valence-corrected chi connectivity index (χ0v) is 12.6. The van der Waals surface area contributed by atoms with Gasteiger partial charge in [0.15, 0.2) is 9.84 Å². The van der Waals surface area contributed by atoms with Crippen molar-refractivity contribution < 1.29 is 13.2 Å². The second-order valence-electron chi connectivity index (χ2n) is 5.21. The Hall–Kier alpha value is -0.620. The maximum atomic E-state index is 11.6. The smallest absolute Gasteiger partial charge is 0.220 e. The number of hydrogen-bond donors (Lipinski definition) is 2. The largest absolute Gasteiger partial charge is 0.355 e. The van der Waals surface area contributed by atoms with Gasteiger partial charge in [-0.25, -0.2) is 8.42 Å². The van der Waals surface area contributed by atoms with E-state index in [1.165, 1.54) is 0 Å². The van der Waals surface area contributed by atoms with Gasteiger partial charge in [-0.05, 0) is 5.92 Å². The SMILES string of the molecule is CC(C)CC(=O)NCCS(=O)(=O)CCNC(C)C. The predicted molar refractivity (Wildman–Crippen MR) is 74.3 cm³/mol. The van der Waals surface area contributed by atoms with E-state index in [2.05, 4.69) is 10.6 Å². The standard InChI is InChI=1S/C12H26N2O3S/c1-10(2)9-12(15)14-6-8-18(16,17)7-5-13-11(3)4/h10-11,13H,5-9H2,1-4H3,(H,14,15). The molecule has 0 aliphatic carbocycles. The molecule has 1 amide bonds. The molecule has 0 rings (SSSR count). The molecule has 0 aliphatic heterocycles. The van der Waals surface area contributed by atoms with Crippen LogP contribution in [0.25, 0.3) is 0 Å². The summed E-state index contributed by atoms with van der Waals surface area (Å²) in [6.07, 6.45) is 0.439. The van der Waals surface area contributed by atoms with Crippen LogP contribution >= 0.6 is 0 Å². The molecule has 6 heteroatoms. The highest BCUT2D eigenvalue weighted by molar-refractivity contribution is 7.91. The molecular weight excluding hydrogens is 252 g/mol. The van der Waals surface area contributed by atoms with Gasteiger partial charge in [0, 0.05) is 25.6 Å². The van der Waals surface area contributed by atoms with Gasteiger partial charge in [-0.1, -0.05) is 27.7 Å². The third-order valence-corrected chi connectivity index (χ3v) is 3.95. The Balaban J connectivity index is 3.80. The first-order valence-electron chi connectivity index (χ1n) is 6.43. The fourth-order valence-corrected chi connectivity index (χ4v) is 2.44. The monoisotopic (exact) mass is 278 g/mol. The Morgan fingerprint density at radius 1 is 1.06 bits per heavy atom. The molecule has 0 aromatic rings. The minimum atomic E-state index is -3.08. The number of hydrogen-bond acceptors (Lipinski definition) is 4. The minimum Gasteiger partial charge on any atom is -0.355 e. The Labute approximate surface area is 111 Å². The van der Waals surface area contributed by atoms with E-state index < -0.39 is 9.84 Å². The van der Waals surface area contributed by atoms with Crippen molar-refractivity contribution in [3.05, 3.63) is 0 Å². The number of carbonyl (C=O) groups excluding carboxylic acids is 1. The molecule has 2 N–H and O–H groups in total. The van der Waals surface area contributed by atoms with Gasteiger partial charge in [-0.2, -0.15) is 0 Å². The van der Waals surface area contributed by atoms with Crippen molar-refractivity contribution in [2.75, 3.05) is 24.6 Å². The van der Waals surface area contributed by atoms with Gasteiger partial charge in [-0.3, -0.25) is 4.79 Å². The van der Waals surface area contributed by atoms with E-state index in [1.807, 2.05) is 27.7 Å². The minimum absolute atomic E-state index is 0.0105. The van der Waals surface area contributed by atoms with Gasteiger partial charge in [0.05, 0.1) is 11.5 Å². The molecule has 0 fully saturated rings. The van der Waals surface area contributed by atoms with Crippen LogP contribution in [0.1, 0.15) is 34.1 Å². The molecule has 18 heavy (non-hydrogen) atoms. The summed E-state index contributed by atoms with van der Waals surface area (Å²) >= 11 is 0. The summed E-state index contributed by atoms with van der Waals surface area (Å²) < 4.78 is 23.2. The Morgan fingerprint density at radius 3 is 2.11 bits per heavy atom. The van der Waals surface area contributed by atoms with E-state index in [-0.39, 0.29) is 35.9 Å². The molecular formula is C12H26N2O3S. The number of nitrogens with one attached hydrogen (secondary N) is 2. The highest BCUT2D eigenvalue weighted by atomic mass is 32.2. The molecule has 108 valence electrons. The van der Waals surface area contributed by atoms with E-state index in [0.717, 1.165) is 0 Å². The Bertz CT molecular complexity index is 337. The normalized spacial score (nSPS) is 12.1. The van der Waals surface area contributed by atoms with Crippen LogP contribution in [0.15, 0.2) is 0 Å². The lowest BCUT2D eigenvalue weighted by Gasteiger charge is -2.09. The third kappa shape index (κ3) is 10.5. The molecule has 0 atom stereocenters. The first kappa shape index (κ1) is 17.4. The summed E-state index contributed by atoms with van der Waals surface area (Å²) in [6.45, 7) is 8.51. The molecule has 0 heterocycles. The molecule has 5 nitrogen and oxygen atoms in total. The first-order valence-corrected chi connectivity index (χ1v) is 8.25. The van der Waals surface area contributed by atoms with E-state index in [9.17, 15) is 13.2 Å². The van der Waals surface area contributed by atoms with Crippen molar-refractivity contribution in [3.8, 4) is 0 Å². The first-order chi connectivity index (χ1) is 8.23. The molecule has 0 unspecified atom stereocenters. The van der Waals surface area contributed by atoms with Gasteiger partial charge >= 0.3 is 0 Å². The van der Waals surface area contributed by atoms with Crippen molar-refractivity contribution in [2.24, 2.45) is 5.92 Å². The summed E-state index contributed by atoms with van der Waals surface area (Å²) in [4.78, 5) is 11.3. The van der Waals surface area contributed by atoms with Gasteiger partial charge in [0.1, 0.15) is 0 Å². The fourth-order valence-electron chi connectivity index (χ4n) is 1.39. The highest BCUT2D eigenvalue weighted by Gasteiger charge is 2.11. The predicted octanol–water partition coefficient (Wildman–Crippen LogP) is 0.562. The Morgan fingerprint density at radius 2 is 1.61 bits per heavy atom. The average molecular weight is 278 g/mol. The van der Waals surface area contributed by atoms with Crippen molar-refractivity contribution in [1.82, 2.24) is 10.6 Å². The average Bonchev–Trinajstić information content (AvgIpc) is 2.14. The van der Waals surface area contributed by atoms with Crippen LogP contribution in [0, 0.1) is 5.92 Å².